The van der Waals surface area contributed by atoms with E-state index in [2.05, 4.69) is 5.92 Å². The zero-order valence-electron chi connectivity index (χ0n) is 6.85. The number of halogens is 3. The van der Waals surface area contributed by atoms with Crippen LogP contribution in [-0.4, -0.2) is 6.29 Å². The van der Waals surface area contributed by atoms with E-state index >= 15 is 0 Å². The molecule has 1 aromatic carbocycles. The Morgan fingerprint density at radius 3 is 2.14 bits per heavy atom. The van der Waals surface area contributed by atoms with Gasteiger partial charge in [-0.3, -0.25) is 11.8 Å². The van der Waals surface area contributed by atoms with E-state index in [1.807, 2.05) is 5.92 Å². The Morgan fingerprint density at radius 1 is 1.14 bits per heavy atom. The van der Waals surface area contributed by atoms with Crippen LogP contribution in [0.4, 0.5) is 13.2 Å². The summed E-state index contributed by atoms with van der Waals surface area (Å²) in [5, 5.41) is 0. The Kier molecular flexibility index (Phi) is 2.92. The highest BCUT2D eigenvalue weighted by Gasteiger charge is 2.29. The maximum atomic E-state index is 12.1. The van der Waals surface area contributed by atoms with Gasteiger partial charge in [0, 0.05) is 6.29 Å². The molecule has 0 aliphatic heterocycles. The Hall–Kier alpha value is -1.76. The molecule has 0 saturated carbocycles. The number of hydrogen-bond donors (Lipinski definition) is 0. The van der Waals surface area contributed by atoms with Crippen molar-refractivity contribution in [1.29, 1.82) is 0 Å². The lowest BCUT2D eigenvalue weighted by Gasteiger charge is -2.06. The molecular weight excluding hydrogens is 193 g/mol. The Bertz CT molecular complexity index is 379. The van der Waals surface area contributed by atoms with Crippen LogP contribution in [0.15, 0.2) is 24.3 Å². The zero-order chi connectivity index (χ0) is 10.6. The molecule has 0 bridgehead atoms. The molecule has 72 valence electrons. The van der Waals surface area contributed by atoms with Crippen LogP contribution in [0.3, 0.4) is 0 Å². The van der Waals surface area contributed by atoms with Crippen LogP contribution in [-0.2, 0) is 11.0 Å². The summed E-state index contributed by atoms with van der Waals surface area (Å²) in [6, 6.07) is 4.23. The van der Waals surface area contributed by atoms with Gasteiger partial charge in [-0.15, -0.1) is 0 Å². The highest BCUT2D eigenvalue weighted by Crippen LogP contribution is 2.28. The fourth-order valence-electron chi connectivity index (χ4n) is 0.840. The molecule has 0 unspecified atom stereocenters. The van der Waals surface area contributed by atoms with Crippen LogP contribution in [0.25, 0.3) is 0 Å². The van der Waals surface area contributed by atoms with Gasteiger partial charge in [-0.25, -0.2) is 0 Å². The molecule has 0 saturated heterocycles. The van der Waals surface area contributed by atoms with Gasteiger partial charge >= 0.3 is 6.18 Å². The first-order valence-electron chi connectivity index (χ1n) is 3.59. The van der Waals surface area contributed by atoms with Crippen LogP contribution >= 0.6 is 0 Å². The van der Waals surface area contributed by atoms with Crippen molar-refractivity contribution < 1.29 is 18.0 Å². The van der Waals surface area contributed by atoms with Gasteiger partial charge in [-0.2, -0.15) is 13.2 Å². The second kappa shape index (κ2) is 3.97. The van der Waals surface area contributed by atoms with Crippen LogP contribution in [0.2, 0.25) is 0 Å². The van der Waals surface area contributed by atoms with Crippen molar-refractivity contribution in [2.75, 3.05) is 0 Å². The number of hydrogen-bond acceptors (Lipinski definition) is 1. The molecule has 0 atom stereocenters. The van der Waals surface area contributed by atoms with Crippen molar-refractivity contribution in [1.82, 2.24) is 0 Å². The molecule has 0 aromatic heterocycles. The molecular formula is C10H4F3O-. The maximum Gasteiger partial charge on any atom is 0.416 e. The number of benzene rings is 1. The number of alkyl halides is 3. The van der Waals surface area contributed by atoms with E-state index in [4.69, 9.17) is 0 Å². The second-order valence-electron chi connectivity index (χ2n) is 2.43. The molecule has 14 heavy (non-hydrogen) atoms. The lowest BCUT2D eigenvalue weighted by atomic mass is 10.1. The first-order valence-corrected chi connectivity index (χ1v) is 3.59. The predicted molar refractivity (Wildman–Crippen MR) is 44.0 cm³/mol. The van der Waals surface area contributed by atoms with Crippen LogP contribution in [0.5, 0.6) is 0 Å². The molecule has 1 nitrogen and oxygen atoms in total. The van der Waals surface area contributed by atoms with E-state index in [-0.39, 0.29) is 0 Å². The molecule has 0 N–H and O–H groups in total. The molecule has 1 rings (SSSR count). The fourth-order valence-corrected chi connectivity index (χ4v) is 0.840. The molecule has 0 aliphatic rings. The van der Waals surface area contributed by atoms with Gasteiger partial charge in [0.05, 0.1) is 5.56 Å². The summed E-state index contributed by atoms with van der Waals surface area (Å²) in [7, 11) is 0. The summed E-state index contributed by atoms with van der Waals surface area (Å²) in [5.41, 5.74) is -0.389. The van der Waals surface area contributed by atoms with Crippen molar-refractivity contribution in [3.8, 4) is 11.8 Å². The van der Waals surface area contributed by atoms with Gasteiger partial charge in [-0.05, 0) is 0 Å². The summed E-state index contributed by atoms with van der Waals surface area (Å²) in [5.74, 6) is 4.32. The quantitative estimate of drug-likeness (QED) is 0.460. The van der Waals surface area contributed by atoms with Crippen LogP contribution in [0.1, 0.15) is 11.1 Å². The molecule has 0 spiro atoms. The summed E-state index contributed by atoms with van der Waals surface area (Å²) < 4.78 is 36.2. The van der Waals surface area contributed by atoms with Gasteiger partial charge in [0.25, 0.3) is 0 Å². The normalized spacial score (nSPS) is 10.2. The molecule has 0 amide bonds. The molecule has 0 aliphatic carbocycles. The second-order valence-corrected chi connectivity index (χ2v) is 2.43. The van der Waals surface area contributed by atoms with Crippen molar-refractivity contribution >= 4 is 6.29 Å². The third-order valence-corrected chi connectivity index (χ3v) is 1.47. The Balaban J connectivity index is 2.95. The predicted octanol–water partition coefficient (Wildman–Crippen LogP) is 2.17. The van der Waals surface area contributed by atoms with E-state index in [0.29, 0.717) is 5.56 Å². The summed E-state index contributed by atoms with van der Waals surface area (Å²) >= 11 is 0. The summed E-state index contributed by atoms with van der Waals surface area (Å²) in [6.45, 7) is 0. The summed E-state index contributed by atoms with van der Waals surface area (Å²) in [4.78, 5) is 9.73. The maximum absolute atomic E-state index is 12.1. The van der Waals surface area contributed by atoms with Crippen molar-refractivity contribution in [2.45, 2.75) is 6.18 Å². The Morgan fingerprint density at radius 2 is 1.71 bits per heavy atom. The smallest absolute Gasteiger partial charge is 0.409 e. The molecule has 0 radical (unpaired) electrons. The van der Waals surface area contributed by atoms with Crippen LogP contribution in [0, 0.1) is 11.8 Å². The van der Waals surface area contributed by atoms with Gasteiger partial charge in [0.2, 0.25) is 0 Å². The van der Waals surface area contributed by atoms with Crippen molar-refractivity contribution in [2.24, 2.45) is 0 Å². The van der Waals surface area contributed by atoms with E-state index in [9.17, 15) is 18.0 Å². The molecule has 0 heterocycles. The standard InChI is InChI=1S/C10H4F3O/c11-10(12,13)9-5-3-8(4-6-9)2-1-7-14/h3-6H/q-1. The monoisotopic (exact) mass is 197 g/mol. The largest absolute Gasteiger partial charge is 0.416 e. The minimum absolute atomic E-state index is 0.348. The lowest BCUT2D eigenvalue weighted by Crippen LogP contribution is -2.04. The number of carbonyl (C=O) groups excluding carboxylic acids is 1. The van der Waals surface area contributed by atoms with Crippen molar-refractivity contribution in [3.05, 3.63) is 35.4 Å². The SMILES string of the molecule is O=[C-]C#Cc1ccc(C(F)(F)F)cc1. The van der Waals surface area contributed by atoms with E-state index < -0.39 is 11.7 Å². The van der Waals surface area contributed by atoms with E-state index in [1.165, 1.54) is 18.4 Å². The lowest BCUT2D eigenvalue weighted by molar-refractivity contribution is -0.137. The topological polar surface area (TPSA) is 17.1 Å². The van der Waals surface area contributed by atoms with Gasteiger partial charge < -0.3 is 4.79 Å². The third-order valence-electron chi connectivity index (χ3n) is 1.47. The van der Waals surface area contributed by atoms with Gasteiger partial charge in [0.1, 0.15) is 0 Å². The van der Waals surface area contributed by atoms with Crippen LogP contribution < -0.4 is 0 Å². The average Bonchev–Trinajstić information content (AvgIpc) is 2.14. The van der Waals surface area contributed by atoms with Gasteiger partial charge in [-0.1, -0.05) is 29.8 Å². The summed E-state index contributed by atoms with van der Waals surface area (Å²) in [6.07, 6.45) is -3.02. The average molecular weight is 197 g/mol. The first-order chi connectivity index (χ1) is 6.54. The van der Waals surface area contributed by atoms with Crippen molar-refractivity contribution in [3.63, 3.8) is 0 Å². The van der Waals surface area contributed by atoms with E-state index in [1.54, 1.807) is 0 Å². The third kappa shape index (κ3) is 2.63. The minimum atomic E-state index is -4.34. The zero-order valence-corrected chi connectivity index (χ0v) is 6.85. The fraction of sp³-hybridized carbons (Fsp3) is 0.100. The molecule has 0 fully saturated rings. The molecule has 1 aromatic rings. The van der Waals surface area contributed by atoms with Gasteiger partial charge in [0.15, 0.2) is 0 Å². The molecule has 4 heteroatoms. The minimum Gasteiger partial charge on any atom is -0.409 e. The highest BCUT2D eigenvalue weighted by atomic mass is 19.4. The number of rotatable bonds is 0. The van der Waals surface area contributed by atoms with E-state index in [0.717, 1.165) is 12.1 Å². The highest BCUT2D eigenvalue weighted by molar-refractivity contribution is 5.74. The Labute approximate surface area is 78.5 Å². The first kappa shape index (κ1) is 10.3.